The second-order valence-corrected chi connectivity index (χ2v) is 5.02. The average Bonchev–Trinajstić information content (AvgIpc) is 2.07. The van der Waals surface area contributed by atoms with Crippen molar-refractivity contribution in [2.75, 3.05) is 0 Å². The van der Waals surface area contributed by atoms with Crippen LogP contribution in [0.5, 0.6) is 0 Å². The zero-order chi connectivity index (χ0) is 9.47. The van der Waals surface area contributed by atoms with E-state index in [0.29, 0.717) is 5.41 Å². The van der Waals surface area contributed by atoms with Gasteiger partial charge in [0.15, 0.2) is 0 Å². The molecule has 13 heavy (non-hydrogen) atoms. The molecular formula is C12H20O. The van der Waals surface area contributed by atoms with E-state index in [1.165, 1.54) is 12.8 Å². The van der Waals surface area contributed by atoms with Crippen LogP contribution in [0.25, 0.3) is 0 Å². The van der Waals surface area contributed by atoms with E-state index in [9.17, 15) is 5.11 Å². The fourth-order valence-corrected chi connectivity index (χ4v) is 3.01. The van der Waals surface area contributed by atoms with Gasteiger partial charge in [0.25, 0.3) is 0 Å². The van der Waals surface area contributed by atoms with Gasteiger partial charge in [0, 0.05) is 0 Å². The van der Waals surface area contributed by atoms with Gasteiger partial charge in [-0.1, -0.05) is 25.5 Å². The second-order valence-electron chi connectivity index (χ2n) is 5.02. The summed E-state index contributed by atoms with van der Waals surface area (Å²) in [5.41, 5.74) is 1.94. The van der Waals surface area contributed by atoms with E-state index in [-0.39, 0.29) is 6.10 Å². The van der Waals surface area contributed by atoms with Gasteiger partial charge in [-0.3, -0.25) is 0 Å². The molecule has 1 fully saturated rings. The number of fused-ring (bicyclic) bond motifs is 1. The van der Waals surface area contributed by atoms with Gasteiger partial charge in [-0.2, -0.15) is 0 Å². The molecular weight excluding hydrogens is 160 g/mol. The molecule has 0 bridgehead atoms. The van der Waals surface area contributed by atoms with Crippen molar-refractivity contribution in [1.29, 1.82) is 0 Å². The highest BCUT2D eigenvalue weighted by Crippen LogP contribution is 2.50. The third-order valence-corrected chi connectivity index (χ3v) is 4.22. The van der Waals surface area contributed by atoms with E-state index in [1.807, 2.05) is 0 Å². The Morgan fingerprint density at radius 1 is 1.46 bits per heavy atom. The van der Waals surface area contributed by atoms with Crippen LogP contribution in [-0.2, 0) is 0 Å². The quantitative estimate of drug-likeness (QED) is 0.568. The zero-order valence-electron chi connectivity index (χ0n) is 8.71. The third-order valence-electron chi connectivity index (χ3n) is 4.22. The first kappa shape index (κ1) is 9.26. The number of hydrogen-bond donors (Lipinski definition) is 1. The van der Waals surface area contributed by atoms with Crippen LogP contribution in [0, 0.1) is 11.3 Å². The first-order chi connectivity index (χ1) is 6.13. The smallest absolute Gasteiger partial charge is 0.0551 e. The van der Waals surface area contributed by atoms with Crippen molar-refractivity contribution in [3.05, 3.63) is 11.6 Å². The minimum atomic E-state index is -0.0531. The Morgan fingerprint density at radius 3 is 3.00 bits per heavy atom. The lowest BCUT2D eigenvalue weighted by Gasteiger charge is -2.46. The summed E-state index contributed by atoms with van der Waals surface area (Å²) in [6.45, 7) is 4.68. The lowest BCUT2D eigenvalue weighted by Crippen LogP contribution is -2.38. The summed E-state index contributed by atoms with van der Waals surface area (Å²) >= 11 is 0. The van der Waals surface area contributed by atoms with E-state index in [1.54, 1.807) is 5.57 Å². The van der Waals surface area contributed by atoms with Crippen LogP contribution in [0.2, 0.25) is 0 Å². The molecule has 0 aromatic heterocycles. The van der Waals surface area contributed by atoms with E-state index in [2.05, 4.69) is 19.9 Å². The summed E-state index contributed by atoms with van der Waals surface area (Å²) in [6, 6.07) is 0. The van der Waals surface area contributed by atoms with Crippen LogP contribution >= 0.6 is 0 Å². The minimum Gasteiger partial charge on any atom is -0.393 e. The molecule has 1 heteroatoms. The van der Waals surface area contributed by atoms with E-state index >= 15 is 0 Å². The molecule has 0 aromatic carbocycles. The standard InChI is InChI=1S/C12H20O/c1-9-4-3-5-10-6-7-11(13)8-12(9,10)2/h5,9,11,13H,3-4,6-8H2,1-2H3/t9-,11-,12+/m1/s1. The molecule has 1 N–H and O–H groups in total. The van der Waals surface area contributed by atoms with Gasteiger partial charge in [0.05, 0.1) is 6.10 Å². The first-order valence-electron chi connectivity index (χ1n) is 5.50. The van der Waals surface area contributed by atoms with Crippen molar-refractivity contribution >= 4 is 0 Å². The van der Waals surface area contributed by atoms with E-state index in [4.69, 9.17) is 0 Å². The van der Waals surface area contributed by atoms with Crippen LogP contribution in [-0.4, -0.2) is 11.2 Å². The highest BCUT2D eigenvalue weighted by molar-refractivity contribution is 5.21. The monoisotopic (exact) mass is 180 g/mol. The lowest BCUT2D eigenvalue weighted by molar-refractivity contribution is 0.0553. The van der Waals surface area contributed by atoms with Crippen molar-refractivity contribution in [3.8, 4) is 0 Å². The highest BCUT2D eigenvalue weighted by Gasteiger charge is 2.40. The first-order valence-corrected chi connectivity index (χ1v) is 5.50. The van der Waals surface area contributed by atoms with Gasteiger partial charge < -0.3 is 5.11 Å². The summed E-state index contributed by atoms with van der Waals surface area (Å²) in [7, 11) is 0. The molecule has 1 nitrogen and oxygen atoms in total. The van der Waals surface area contributed by atoms with Gasteiger partial charge in [0.2, 0.25) is 0 Å². The van der Waals surface area contributed by atoms with Crippen LogP contribution < -0.4 is 0 Å². The van der Waals surface area contributed by atoms with E-state index < -0.39 is 0 Å². The maximum absolute atomic E-state index is 9.70. The van der Waals surface area contributed by atoms with Gasteiger partial charge in [-0.15, -0.1) is 0 Å². The summed E-state index contributed by atoms with van der Waals surface area (Å²) in [5, 5.41) is 9.70. The van der Waals surface area contributed by atoms with Crippen molar-refractivity contribution in [2.24, 2.45) is 11.3 Å². The SMILES string of the molecule is C[C@@H]1CCC=C2CC[C@@H](O)C[C@]21C. The highest BCUT2D eigenvalue weighted by atomic mass is 16.3. The number of allylic oxidation sites excluding steroid dienone is 2. The van der Waals surface area contributed by atoms with Gasteiger partial charge >= 0.3 is 0 Å². The Kier molecular flexibility index (Phi) is 2.23. The predicted octanol–water partition coefficient (Wildman–Crippen LogP) is 2.89. The molecule has 2 aliphatic rings. The van der Waals surface area contributed by atoms with Crippen molar-refractivity contribution in [2.45, 2.75) is 52.1 Å². The normalized spacial score (nSPS) is 45.3. The predicted molar refractivity (Wildman–Crippen MR) is 54.4 cm³/mol. The lowest BCUT2D eigenvalue weighted by atomic mass is 9.60. The van der Waals surface area contributed by atoms with Gasteiger partial charge in [-0.25, -0.2) is 0 Å². The number of aliphatic hydroxyl groups is 1. The Labute approximate surface area is 80.8 Å². The van der Waals surface area contributed by atoms with Crippen molar-refractivity contribution < 1.29 is 5.11 Å². The maximum atomic E-state index is 9.70. The van der Waals surface area contributed by atoms with Crippen LogP contribution in [0.15, 0.2) is 11.6 Å². The maximum Gasteiger partial charge on any atom is 0.0551 e. The van der Waals surface area contributed by atoms with Gasteiger partial charge in [-0.05, 0) is 43.4 Å². The fourth-order valence-electron chi connectivity index (χ4n) is 3.01. The van der Waals surface area contributed by atoms with Crippen LogP contribution in [0.4, 0.5) is 0 Å². The average molecular weight is 180 g/mol. The molecule has 0 aliphatic heterocycles. The molecule has 2 aliphatic carbocycles. The number of aliphatic hydroxyl groups excluding tert-OH is 1. The molecule has 0 radical (unpaired) electrons. The second kappa shape index (κ2) is 3.13. The zero-order valence-corrected chi connectivity index (χ0v) is 8.71. The Hall–Kier alpha value is -0.300. The molecule has 0 aromatic rings. The minimum absolute atomic E-state index is 0.0531. The molecule has 1 saturated carbocycles. The molecule has 2 rings (SSSR count). The summed E-state index contributed by atoms with van der Waals surface area (Å²) in [6.07, 6.45) is 8.01. The molecule has 0 heterocycles. The van der Waals surface area contributed by atoms with Crippen LogP contribution in [0.3, 0.4) is 0 Å². The summed E-state index contributed by atoms with van der Waals surface area (Å²) in [5.74, 6) is 0.752. The molecule has 3 atom stereocenters. The molecule has 0 saturated heterocycles. The summed E-state index contributed by atoms with van der Waals surface area (Å²) < 4.78 is 0. The fraction of sp³-hybridized carbons (Fsp3) is 0.833. The molecule has 0 unspecified atom stereocenters. The Balaban J connectivity index is 2.27. The molecule has 0 spiro atoms. The van der Waals surface area contributed by atoms with Crippen molar-refractivity contribution in [3.63, 3.8) is 0 Å². The number of hydrogen-bond acceptors (Lipinski definition) is 1. The third kappa shape index (κ3) is 1.43. The van der Waals surface area contributed by atoms with Crippen LogP contribution in [0.1, 0.15) is 46.0 Å². The Bertz CT molecular complexity index is 231. The molecule has 0 amide bonds. The largest absolute Gasteiger partial charge is 0.393 e. The van der Waals surface area contributed by atoms with Crippen molar-refractivity contribution in [1.82, 2.24) is 0 Å². The number of rotatable bonds is 0. The topological polar surface area (TPSA) is 20.2 Å². The van der Waals surface area contributed by atoms with Gasteiger partial charge in [0.1, 0.15) is 0 Å². The molecule has 74 valence electrons. The van der Waals surface area contributed by atoms with E-state index in [0.717, 1.165) is 25.2 Å². The summed E-state index contributed by atoms with van der Waals surface area (Å²) in [4.78, 5) is 0. The Morgan fingerprint density at radius 2 is 2.23 bits per heavy atom.